The number of carbonyl (C=O) groups excluding carboxylic acids is 1. The molecule has 1 aromatic carbocycles. The van der Waals surface area contributed by atoms with Gasteiger partial charge in [0.2, 0.25) is 5.88 Å². The quantitative estimate of drug-likeness (QED) is 0.931. The maximum absolute atomic E-state index is 12.3. The normalized spacial score (nSPS) is 17.0. The Balaban J connectivity index is 1.70. The van der Waals surface area contributed by atoms with E-state index in [4.69, 9.17) is 21.1 Å². The lowest BCUT2D eigenvalue weighted by molar-refractivity contribution is 0.102. The second-order valence-corrected chi connectivity index (χ2v) is 5.81. The molecule has 120 valence electrons. The van der Waals surface area contributed by atoms with Gasteiger partial charge in [-0.05, 0) is 30.7 Å². The van der Waals surface area contributed by atoms with E-state index in [9.17, 15) is 4.79 Å². The molecular formula is C17H17ClN2O3. The van der Waals surface area contributed by atoms with E-state index in [1.54, 1.807) is 24.4 Å². The van der Waals surface area contributed by atoms with Crippen LogP contribution in [0.25, 0.3) is 0 Å². The number of aromatic nitrogens is 1. The Hall–Kier alpha value is -2.11. The van der Waals surface area contributed by atoms with Gasteiger partial charge in [0.05, 0.1) is 13.2 Å². The van der Waals surface area contributed by atoms with Gasteiger partial charge in [-0.2, -0.15) is 0 Å². The number of ether oxygens (including phenoxy) is 2. The zero-order valence-corrected chi connectivity index (χ0v) is 13.5. The monoisotopic (exact) mass is 332 g/mol. The molecule has 1 aliphatic heterocycles. The highest BCUT2D eigenvalue weighted by Gasteiger charge is 2.18. The number of benzene rings is 1. The van der Waals surface area contributed by atoms with Crippen molar-refractivity contribution < 1.29 is 14.3 Å². The Kier molecular flexibility index (Phi) is 4.79. The maximum Gasteiger partial charge on any atom is 0.255 e. The van der Waals surface area contributed by atoms with Crippen LogP contribution in [0.1, 0.15) is 22.3 Å². The van der Waals surface area contributed by atoms with Crippen LogP contribution in [0.15, 0.2) is 36.5 Å². The van der Waals surface area contributed by atoms with Crippen molar-refractivity contribution in [2.24, 2.45) is 0 Å². The summed E-state index contributed by atoms with van der Waals surface area (Å²) in [6.45, 7) is 3.16. The van der Waals surface area contributed by atoms with E-state index < -0.39 is 0 Å². The summed E-state index contributed by atoms with van der Waals surface area (Å²) in [7, 11) is 0. The molecule has 5 nitrogen and oxygen atoms in total. The molecule has 2 aromatic rings. The molecular weight excluding hydrogens is 316 g/mol. The molecule has 1 aliphatic rings. The van der Waals surface area contributed by atoms with Crippen LogP contribution >= 0.6 is 11.6 Å². The Bertz CT molecular complexity index is 715. The molecule has 3 rings (SSSR count). The molecule has 1 aromatic heterocycles. The molecule has 1 N–H and O–H groups in total. The highest BCUT2D eigenvalue weighted by atomic mass is 35.5. The predicted octanol–water partition coefficient (Wildman–Crippen LogP) is 3.46. The third-order valence-electron chi connectivity index (χ3n) is 3.60. The second-order valence-electron chi connectivity index (χ2n) is 5.40. The third-order valence-corrected chi connectivity index (χ3v) is 4.01. The van der Waals surface area contributed by atoms with Gasteiger partial charge >= 0.3 is 0 Å². The number of anilines is 1. The molecule has 0 radical (unpaired) electrons. The fourth-order valence-corrected chi connectivity index (χ4v) is 2.45. The summed E-state index contributed by atoms with van der Waals surface area (Å²) in [6.07, 6.45) is 2.39. The standard InChI is InChI=1S/C17H17ClN2O3/c1-11-2-3-13(9-15(11)18)20-17(21)12-4-6-19-16(8-12)23-14-5-7-22-10-14/h2-4,6,8-9,14H,5,7,10H2,1H3,(H,20,21). The zero-order valence-electron chi connectivity index (χ0n) is 12.7. The third kappa shape index (κ3) is 4.00. The molecule has 1 unspecified atom stereocenters. The zero-order chi connectivity index (χ0) is 16.2. The van der Waals surface area contributed by atoms with Crippen LogP contribution in [0, 0.1) is 6.92 Å². The molecule has 0 bridgehead atoms. The largest absolute Gasteiger partial charge is 0.472 e. The van der Waals surface area contributed by atoms with E-state index in [0.717, 1.165) is 12.0 Å². The van der Waals surface area contributed by atoms with Gasteiger partial charge in [-0.3, -0.25) is 4.79 Å². The lowest BCUT2D eigenvalue weighted by Gasteiger charge is -2.12. The lowest BCUT2D eigenvalue weighted by atomic mass is 10.2. The van der Waals surface area contributed by atoms with Crippen molar-refractivity contribution in [1.29, 1.82) is 0 Å². The fourth-order valence-electron chi connectivity index (χ4n) is 2.27. The number of aryl methyl sites for hydroxylation is 1. The number of amides is 1. The predicted molar refractivity (Wildman–Crippen MR) is 88.2 cm³/mol. The second kappa shape index (κ2) is 6.98. The van der Waals surface area contributed by atoms with Crippen molar-refractivity contribution in [3.63, 3.8) is 0 Å². The van der Waals surface area contributed by atoms with Gasteiger partial charge in [0.1, 0.15) is 6.10 Å². The first-order chi connectivity index (χ1) is 11.1. The molecule has 0 spiro atoms. The van der Waals surface area contributed by atoms with Gasteiger partial charge in [-0.15, -0.1) is 0 Å². The van der Waals surface area contributed by atoms with Crippen molar-refractivity contribution in [3.8, 4) is 5.88 Å². The lowest BCUT2D eigenvalue weighted by Crippen LogP contribution is -2.17. The van der Waals surface area contributed by atoms with Crippen molar-refractivity contribution in [3.05, 3.63) is 52.7 Å². The van der Waals surface area contributed by atoms with E-state index in [-0.39, 0.29) is 12.0 Å². The number of hydrogen-bond donors (Lipinski definition) is 1. The smallest absolute Gasteiger partial charge is 0.255 e. The van der Waals surface area contributed by atoms with Crippen LogP contribution in [0.4, 0.5) is 5.69 Å². The van der Waals surface area contributed by atoms with Crippen molar-refractivity contribution in [2.45, 2.75) is 19.4 Å². The molecule has 23 heavy (non-hydrogen) atoms. The van der Waals surface area contributed by atoms with Crippen molar-refractivity contribution in [1.82, 2.24) is 4.98 Å². The van der Waals surface area contributed by atoms with Gasteiger partial charge in [-0.25, -0.2) is 4.98 Å². The molecule has 6 heteroatoms. The number of carbonyl (C=O) groups is 1. The highest BCUT2D eigenvalue weighted by Crippen LogP contribution is 2.21. The summed E-state index contributed by atoms with van der Waals surface area (Å²) >= 11 is 6.07. The van der Waals surface area contributed by atoms with Gasteiger partial charge in [0.15, 0.2) is 0 Å². The summed E-state index contributed by atoms with van der Waals surface area (Å²) in [4.78, 5) is 16.5. The highest BCUT2D eigenvalue weighted by molar-refractivity contribution is 6.31. The fraction of sp³-hybridized carbons (Fsp3) is 0.294. The summed E-state index contributed by atoms with van der Waals surface area (Å²) in [5, 5.41) is 3.43. The number of nitrogens with one attached hydrogen (secondary N) is 1. The van der Waals surface area contributed by atoms with Gasteiger partial charge in [-0.1, -0.05) is 17.7 Å². The van der Waals surface area contributed by atoms with Crippen LogP contribution in [0.3, 0.4) is 0 Å². The minimum atomic E-state index is -0.236. The molecule has 1 fully saturated rings. The Labute approximate surface area is 139 Å². The molecule has 0 saturated carbocycles. The van der Waals surface area contributed by atoms with E-state index in [1.165, 1.54) is 0 Å². The number of nitrogens with zero attached hydrogens (tertiary/aromatic N) is 1. The minimum absolute atomic E-state index is 0.00304. The van der Waals surface area contributed by atoms with Crippen LogP contribution in [0.2, 0.25) is 5.02 Å². The van der Waals surface area contributed by atoms with E-state index in [1.807, 2.05) is 19.1 Å². The van der Waals surface area contributed by atoms with Crippen LogP contribution in [0.5, 0.6) is 5.88 Å². The summed E-state index contributed by atoms with van der Waals surface area (Å²) < 4.78 is 11.0. The number of rotatable bonds is 4. The molecule has 2 heterocycles. The van der Waals surface area contributed by atoms with Crippen LogP contribution in [-0.2, 0) is 4.74 Å². The van der Waals surface area contributed by atoms with E-state index >= 15 is 0 Å². The number of halogens is 1. The molecule has 0 aliphatic carbocycles. The average molecular weight is 333 g/mol. The van der Waals surface area contributed by atoms with Crippen LogP contribution in [-0.4, -0.2) is 30.2 Å². The SMILES string of the molecule is Cc1ccc(NC(=O)c2ccnc(OC3CCOC3)c2)cc1Cl. The first-order valence-corrected chi connectivity index (χ1v) is 7.77. The Morgan fingerprint density at radius 3 is 3.00 bits per heavy atom. The van der Waals surface area contributed by atoms with E-state index in [2.05, 4.69) is 10.3 Å². The van der Waals surface area contributed by atoms with Crippen molar-refractivity contribution >= 4 is 23.2 Å². The molecule has 1 saturated heterocycles. The summed E-state index contributed by atoms with van der Waals surface area (Å²) in [5.41, 5.74) is 2.09. The number of pyridine rings is 1. The van der Waals surface area contributed by atoms with Crippen molar-refractivity contribution in [2.75, 3.05) is 18.5 Å². The van der Waals surface area contributed by atoms with E-state index in [0.29, 0.717) is 35.4 Å². The number of hydrogen-bond acceptors (Lipinski definition) is 4. The average Bonchev–Trinajstić information content (AvgIpc) is 3.04. The topological polar surface area (TPSA) is 60.5 Å². The first-order valence-electron chi connectivity index (χ1n) is 7.40. The van der Waals surface area contributed by atoms with Gasteiger partial charge < -0.3 is 14.8 Å². The Morgan fingerprint density at radius 2 is 2.26 bits per heavy atom. The first kappa shape index (κ1) is 15.8. The van der Waals surface area contributed by atoms with Crippen LogP contribution < -0.4 is 10.1 Å². The molecule has 1 amide bonds. The summed E-state index contributed by atoms with van der Waals surface area (Å²) in [5.74, 6) is 0.190. The minimum Gasteiger partial charge on any atom is -0.472 e. The Morgan fingerprint density at radius 1 is 1.39 bits per heavy atom. The maximum atomic E-state index is 12.3. The van der Waals surface area contributed by atoms with Gasteiger partial charge in [0, 0.05) is 35.0 Å². The molecule has 1 atom stereocenters. The van der Waals surface area contributed by atoms with Gasteiger partial charge in [0.25, 0.3) is 5.91 Å². The summed E-state index contributed by atoms with van der Waals surface area (Å²) in [6, 6.07) is 8.67.